The summed E-state index contributed by atoms with van der Waals surface area (Å²) in [5, 5.41) is 0. The Morgan fingerprint density at radius 1 is 1.22 bits per heavy atom. The lowest BCUT2D eigenvalue weighted by Crippen LogP contribution is -2.31. The van der Waals surface area contributed by atoms with E-state index in [4.69, 9.17) is 5.73 Å². The van der Waals surface area contributed by atoms with Crippen LogP contribution in [0.5, 0.6) is 0 Å². The van der Waals surface area contributed by atoms with Crippen molar-refractivity contribution in [2.45, 2.75) is 40.8 Å². The van der Waals surface area contributed by atoms with E-state index in [-0.39, 0.29) is 0 Å². The zero-order chi connectivity index (χ0) is 13.5. The van der Waals surface area contributed by atoms with Crippen LogP contribution in [0.25, 0.3) is 0 Å². The molecule has 0 aliphatic heterocycles. The summed E-state index contributed by atoms with van der Waals surface area (Å²) >= 11 is 0. The van der Waals surface area contributed by atoms with Gasteiger partial charge >= 0.3 is 0 Å². The third kappa shape index (κ3) is 5.65. The number of nitrogens with zero attached hydrogens (tertiary/aromatic N) is 3. The van der Waals surface area contributed by atoms with Gasteiger partial charge in [0.2, 0.25) is 0 Å². The van der Waals surface area contributed by atoms with Gasteiger partial charge in [-0.15, -0.1) is 0 Å². The Morgan fingerprint density at radius 2 is 1.83 bits per heavy atom. The fourth-order valence-electron chi connectivity index (χ4n) is 2.22. The predicted octanol–water partition coefficient (Wildman–Crippen LogP) is 1.96. The van der Waals surface area contributed by atoms with Crippen molar-refractivity contribution in [3.8, 4) is 0 Å². The summed E-state index contributed by atoms with van der Waals surface area (Å²) in [6.45, 7) is 13.8. The maximum Gasteiger partial charge on any atom is 0.0950 e. The van der Waals surface area contributed by atoms with E-state index in [0.29, 0.717) is 18.4 Å². The third-order valence-electron chi connectivity index (χ3n) is 2.71. The average Bonchev–Trinajstić information content (AvgIpc) is 2.64. The second-order valence-electron chi connectivity index (χ2n) is 5.87. The van der Waals surface area contributed by atoms with Gasteiger partial charge in [0.05, 0.1) is 12.0 Å². The van der Waals surface area contributed by atoms with Gasteiger partial charge in [0.15, 0.2) is 0 Å². The molecule has 1 rings (SSSR count). The topological polar surface area (TPSA) is 47.1 Å². The highest BCUT2D eigenvalue weighted by atomic mass is 15.1. The number of rotatable bonds is 8. The molecule has 4 nitrogen and oxygen atoms in total. The molecular weight excluding hydrogens is 224 g/mol. The van der Waals surface area contributed by atoms with Gasteiger partial charge < -0.3 is 10.3 Å². The van der Waals surface area contributed by atoms with Crippen LogP contribution >= 0.6 is 0 Å². The molecule has 0 radical (unpaired) electrons. The van der Waals surface area contributed by atoms with Gasteiger partial charge in [-0.1, -0.05) is 27.7 Å². The van der Waals surface area contributed by atoms with E-state index in [2.05, 4.69) is 48.3 Å². The van der Waals surface area contributed by atoms with E-state index in [9.17, 15) is 0 Å². The average molecular weight is 252 g/mol. The highest BCUT2D eigenvalue weighted by Gasteiger charge is 2.11. The Labute approximate surface area is 111 Å². The molecule has 0 amide bonds. The van der Waals surface area contributed by atoms with Crippen LogP contribution in [0.1, 0.15) is 33.4 Å². The number of nitrogens with two attached hydrogens (primary N) is 1. The van der Waals surface area contributed by atoms with Crippen molar-refractivity contribution in [2.24, 2.45) is 17.6 Å². The lowest BCUT2D eigenvalue weighted by Gasteiger charge is -2.25. The maximum atomic E-state index is 5.54. The summed E-state index contributed by atoms with van der Waals surface area (Å²) in [5.74, 6) is 1.38. The molecule has 0 fully saturated rings. The summed E-state index contributed by atoms with van der Waals surface area (Å²) in [7, 11) is 0. The maximum absolute atomic E-state index is 5.54. The number of imidazole rings is 1. The third-order valence-corrected chi connectivity index (χ3v) is 2.71. The van der Waals surface area contributed by atoms with Gasteiger partial charge in [0, 0.05) is 38.9 Å². The summed E-state index contributed by atoms with van der Waals surface area (Å²) < 4.78 is 2.07. The monoisotopic (exact) mass is 252 g/mol. The molecule has 0 aromatic carbocycles. The van der Waals surface area contributed by atoms with E-state index < -0.39 is 0 Å². The van der Waals surface area contributed by atoms with Crippen LogP contribution < -0.4 is 5.73 Å². The molecule has 0 aliphatic carbocycles. The van der Waals surface area contributed by atoms with Crippen LogP contribution in [0.3, 0.4) is 0 Å². The van der Waals surface area contributed by atoms with Crippen LogP contribution in [0.2, 0.25) is 0 Å². The molecule has 0 spiro atoms. The minimum absolute atomic E-state index is 0.664. The van der Waals surface area contributed by atoms with Gasteiger partial charge in [-0.3, -0.25) is 4.90 Å². The minimum Gasteiger partial charge on any atom is -0.336 e. The van der Waals surface area contributed by atoms with E-state index in [1.54, 1.807) is 0 Å². The Balaban J connectivity index is 2.57. The Hall–Kier alpha value is -0.870. The molecule has 104 valence electrons. The smallest absolute Gasteiger partial charge is 0.0950 e. The van der Waals surface area contributed by atoms with Crippen molar-refractivity contribution in [3.63, 3.8) is 0 Å². The molecule has 0 atom stereocenters. The van der Waals surface area contributed by atoms with Crippen LogP contribution in [0.4, 0.5) is 0 Å². The van der Waals surface area contributed by atoms with Crippen molar-refractivity contribution in [1.29, 1.82) is 0 Å². The van der Waals surface area contributed by atoms with Gasteiger partial charge in [0.25, 0.3) is 0 Å². The first-order valence-electron chi connectivity index (χ1n) is 6.94. The SMILES string of the molecule is CC(C)CN(Cc1cn(CCN)cn1)CC(C)C. The van der Waals surface area contributed by atoms with Gasteiger partial charge in [-0.2, -0.15) is 0 Å². The first kappa shape index (κ1) is 15.2. The molecule has 1 aromatic rings. The molecular formula is C14H28N4. The van der Waals surface area contributed by atoms with Crippen molar-refractivity contribution in [1.82, 2.24) is 14.5 Å². The molecule has 1 heterocycles. The van der Waals surface area contributed by atoms with Crippen LogP contribution in [0, 0.1) is 11.8 Å². The molecule has 18 heavy (non-hydrogen) atoms. The molecule has 0 aliphatic rings. The quantitative estimate of drug-likeness (QED) is 0.769. The highest BCUT2D eigenvalue weighted by molar-refractivity contribution is 4.96. The minimum atomic E-state index is 0.664. The molecule has 0 saturated heterocycles. The first-order chi connectivity index (χ1) is 8.51. The Morgan fingerprint density at radius 3 is 2.33 bits per heavy atom. The molecule has 4 heteroatoms. The number of hydrogen-bond acceptors (Lipinski definition) is 3. The second kappa shape index (κ2) is 7.54. The van der Waals surface area contributed by atoms with Gasteiger partial charge in [-0.25, -0.2) is 4.98 Å². The second-order valence-corrected chi connectivity index (χ2v) is 5.87. The lowest BCUT2D eigenvalue weighted by molar-refractivity contribution is 0.209. The summed E-state index contributed by atoms with van der Waals surface area (Å²) in [6.07, 6.45) is 3.99. The van der Waals surface area contributed by atoms with Crippen LogP contribution in [-0.4, -0.2) is 34.1 Å². The largest absolute Gasteiger partial charge is 0.336 e. The van der Waals surface area contributed by atoms with Crippen LogP contribution in [0.15, 0.2) is 12.5 Å². The molecule has 0 saturated carbocycles. The van der Waals surface area contributed by atoms with Gasteiger partial charge in [0.1, 0.15) is 0 Å². The molecule has 2 N–H and O–H groups in total. The summed E-state index contributed by atoms with van der Waals surface area (Å²) in [5.41, 5.74) is 6.69. The normalized spacial score (nSPS) is 12.0. The lowest BCUT2D eigenvalue weighted by atomic mass is 10.1. The van der Waals surface area contributed by atoms with E-state index >= 15 is 0 Å². The van der Waals surface area contributed by atoms with Crippen molar-refractivity contribution < 1.29 is 0 Å². The van der Waals surface area contributed by atoms with Gasteiger partial charge in [-0.05, 0) is 11.8 Å². The van der Waals surface area contributed by atoms with Crippen LogP contribution in [-0.2, 0) is 13.1 Å². The number of aromatic nitrogens is 2. The van der Waals surface area contributed by atoms with E-state index in [0.717, 1.165) is 31.9 Å². The van der Waals surface area contributed by atoms with E-state index in [1.807, 2.05) is 6.33 Å². The summed E-state index contributed by atoms with van der Waals surface area (Å²) in [4.78, 5) is 6.95. The van der Waals surface area contributed by atoms with Crippen molar-refractivity contribution >= 4 is 0 Å². The molecule has 1 aromatic heterocycles. The van der Waals surface area contributed by atoms with Crippen molar-refractivity contribution in [2.75, 3.05) is 19.6 Å². The fourth-order valence-corrected chi connectivity index (χ4v) is 2.22. The van der Waals surface area contributed by atoms with E-state index in [1.165, 1.54) is 0 Å². The first-order valence-corrected chi connectivity index (χ1v) is 6.94. The fraction of sp³-hybridized carbons (Fsp3) is 0.786. The zero-order valence-electron chi connectivity index (χ0n) is 12.3. The molecule has 0 bridgehead atoms. The summed E-state index contributed by atoms with van der Waals surface area (Å²) in [6, 6.07) is 0. The highest BCUT2D eigenvalue weighted by Crippen LogP contribution is 2.08. The zero-order valence-corrected chi connectivity index (χ0v) is 12.3. The molecule has 0 unspecified atom stereocenters. The Kier molecular flexibility index (Phi) is 6.36. The predicted molar refractivity (Wildman–Crippen MR) is 76.2 cm³/mol. The standard InChI is InChI=1S/C14H28N4/c1-12(2)7-18(8-13(3)4)10-14-9-17(6-5-15)11-16-14/h9,11-13H,5-8,10,15H2,1-4H3. The van der Waals surface area contributed by atoms with Crippen molar-refractivity contribution in [3.05, 3.63) is 18.2 Å². The Bertz CT molecular complexity index is 320. The number of hydrogen-bond donors (Lipinski definition) is 1.